The minimum Gasteiger partial charge on any atom is -0.355 e. The van der Waals surface area contributed by atoms with Gasteiger partial charge in [-0.05, 0) is 75.8 Å². The largest absolute Gasteiger partial charge is 0.355 e. The van der Waals surface area contributed by atoms with E-state index in [4.69, 9.17) is 0 Å². The van der Waals surface area contributed by atoms with Gasteiger partial charge in [0, 0.05) is 12.1 Å². The summed E-state index contributed by atoms with van der Waals surface area (Å²) in [5.74, 6) is -0.138. The lowest BCUT2D eigenvalue weighted by molar-refractivity contribution is -0.125. The summed E-state index contributed by atoms with van der Waals surface area (Å²) in [6.07, 6.45) is 0.808. The van der Waals surface area contributed by atoms with Gasteiger partial charge < -0.3 is 10.6 Å². The molecule has 0 radical (unpaired) electrons. The molecule has 0 aromatic heterocycles. The smallest absolute Gasteiger partial charge is 0.234 e. The zero-order valence-electron chi connectivity index (χ0n) is 19.2. The summed E-state index contributed by atoms with van der Waals surface area (Å²) in [7, 11) is 1.78. The van der Waals surface area contributed by atoms with Crippen molar-refractivity contribution in [3.8, 4) is 0 Å². The van der Waals surface area contributed by atoms with Crippen LogP contribution >= 0.6 is 0 Å². The van der Waals surface area contributed by atoms with Gasteiger partial charge in [0.2, 0.25) is 11.8 Å². The van der Waals surface area contributed by atoms with Crippen LogP contribution in [0.25, 0.3) is 0 Å². The number of amides is 2. The Morgan fingerprint density at radius 2 is 1.43 bits per heavy atom. The summed E-state index contributed by atoms with van der Waals surface area (Å²) in [5, 5.41) is 5.87. The van der Waals surface area contributed by atoms with Crippen LogP contribution in [0.5, 0.6) is 0 Å². The third-order valence-electron chi connectivity index (χ3n) is 4.60. The number of nitrogens with one attached hydrogen (secondary N) is 2. The van der Waals surface area contributed by atoms with Gasteiger partial charge in [0.1, 0.15) is 0 Å². The summed E-state index contributed by atoms with van der Waals surface area (Å²) in [6, 6.07) is 4.51. The van der Waals surface area contributed by atoms with Gasteiger partial charge in [0.15, 0.2) is 0 Å². The van der Waals surface area contributed by atoms with Crippen LogP contribution in [0.1, 0.15) is 63.8 Å². The predicted molar refractivity (Wildman–Crippen MR) is 117 cm³/mol. The van der Waals surface area contributed by atoms with Gasteiger partial charge in [-0.2, -0.15) is 0 Å². The molecule has 158 valence electrons. The lowest BCUT2D eigenvalue weighted by Gasteiger charge is -2.23. The maximum Gasteiger partial charge on any atom is 0.234 e. The minimum absolute atomic E-state index is 0.0623. The van der Waals surface area contributed by atoms with Gasteiger partial charge in [0.25, 0.3) is 0 Å². The molecule has 0 heterocycles. The third-order valence-corrected chi connectivity index (χ3v) is 4.60. The van der Waals surface area contributed by atoms with E-state index in [1.165, 1.54) is 22.3 Å². The SMILES string of the molecule is Cc1cc(C(C)(C)C)cc(C)c1CCNC(=O)CN(C)CC(=O)NC(C)(C)C. The number of hydrogen-bond donors (Lipinski definition) is 2. The molecule has 0 saturated heterocycles. The molecule has 0 aliphatic carbocycles. The lowest BCUT2D eigenvalue weighted by Crippen LogP contribution is -2.46. The first-order valence-corrected chi connectivity index (χ1v) is 10.1. The summed E-state index contributed by atoms with van der Waals surface area (Å²) < 4.78 is 0. The number of aryl methyl sites for hydroxylation is 2. The van der Waals surface area contributed by atoms with E-state index in [1.54, 1.807) is 11.9 Å². The van der Waals surface area contributed by atoms with E-state index in [2.05, 4.69) is 57.4 Å². The quantitative estimate of drug-likeness (QED) is 0.753. The Labute approximate surface area is 171 Å². The van der Waals surface area contributed by atoms with E-state index in [0.717, 1.165) is 6.42 Å². The van der Waals surface area contributed by atoms with Gasteiger partial charge in [-0.25, -0.2) is 0 Å². The van der Waals surface area contributed by atoms with E-state index in [1.807, 2.05) is 20.8 Å². The van der Waals surface area contributed by atoms with Crippen molar-refractivity contribution in [1.82, 2.24) is 15.5 Å². The molecule has 28 heavy (non-hydrogen) atoms. The van der Waals surface area contributed by atoms with E-state index >= 15 is 0 Å². The van der Waals surface area contributed by atoms with Gasteiger partial charge in [-0.15, -0.1) is 0 Å². The number of carbonyl (C=O) groups is 2. The van der Waals surface area contributed by atoms with Crippen LogP contribution in [0.4, 0.5) is 0 Å². The average molecular weight is 390 g/mol. The topological polar surface area (TPSA) is 61.4 Å². The first kappa shape index (κ1) is 24.2. The minimum atomic E-state index is -0.265. The molecule has 5 heteroatoms. The first-order chi connectivity index (χ1) is 12.7. The number of carbonyl (C=O) groups excluding carboxylic acids is 2. The molecule has 2 amide bonds. The van der Waals surface area contributed by atoms with E-state index in [-0.39, 0.29) is 35.9 Å². The third kappa shape index (κ3) is 8.42. The van der Waals surface area contributed by atoms with Crippen molar-refractivity contribution in [2.45, 2.75) is 72.8 Å². The van der Waals surface area contributed by atoms with Crippen molar-refractivity contribution in [3.05, 3.63) is 34.4 Å². The fourth-order valence-corrected chi connectivity index (χ4v) is 3.21. The highest BCUT2D eigenvalue weighted by Gasteiger charge is 2.17. The second kappa shape index (κ2) is 9.55. The standard InChI is InChI=1S/C23H39N3O2/c1-16-12-18(22(3,4)5)13-17(2)19(16)10-11-24-20(27)14-26(9)15-21(28)25-23(6,7)8/h12-13H,10-11,14-15H2,1-9H3,(H,24,27)(H,25,28). The second-order valence-corrected chi connectivity index (χ2v) is 9.91. The number of rotatable bonds is 7. The molecule has 0 saturated carbocycles. The van der Waals surface area contributed by atoms with Gasteiger partial charge in [-0.1, -0.05) is 32.9 Å². The number of likely N-dealkylation sites (N-methyl/N-ethyl adjacent to an activating group) is 1. The van der Waals surface area contributed by atoms with Crippen molar-refractivity contribution >= 4 is 11.8 Å². The Hall–Kier alpha value is -1.88. The van der Waals surface area contributed by atoms with Crippen molar-refractivity contribution in [2.75, 3.05) is 26.7 Å². The van der Waals surface area contributed by atoms with Gasteiger partial charge in [0.05, 0.1) is 13.1 Å². The van der Waals surface area contributed by atoms with Gasteiger partial charge in [-0.3, -0.25) is 14.5 Å². The van der Waals surface area contributed by atoms with Crippen LogP contribution in [0.15, 0.2) is 12.1 Å². The Kier molecular flexibility index (Phi) is 8.24. The fraction of sp³-hybridized carbons (Fsp3) is 0.652. The maximum atomic E-state index is 12.2. The Balaban J connectivity index is 2.51. The molecule has 0 fully saturated rings. The first-order valence-electron chi connectivity index (χ1n) is 10.1. The summed E-state index contributed by atoms with van der Waals surface area (Å²) in [4.78, 5) is 25.8. The molecule has 0 unspecified atom stereocenters. The van der Waals surface area contributed by atoms with E-state index < -0.39 is 0 Å². The highest BCUT2D eigenvalue weighted by molar-refractivity contribution is 5.81. The molecule has 0 spiro atoms. The molecule has 1 rings (SSSR count). The monoisotopic (exact) mass is 389 g/mol. The van der Waals surface area contributed by atoms with Crippen LogP contribution < -0.4 is 10.6 Å². The predicted octanol–water partition coefficient (Wildman–Crippen LogP) is 3.11. The number of nitrogens with zero attached hydrogens (tertiary/aromatic N) is 1. The van der Waals surface area contributed by atoms with Crippen LogP contribution in [-0.4, -0.2) is 48.9 Å². The van der Waals surface area contributed by atoms with Crippen LogP contribution in [0, 0.1) is 13.8 Å². The molecule has 0 bridgehead atoms. The average Bonchev–Trinajstić information content (AvgIpc) is 2.46. The van der Waals surface area contributed by atoms with Crippen LogP contribution in [0.3, 0.4) is 0 Å². The normalized spacial score (nSPS) is 12.2. The second-order valence-electron chi connectivity index (χ2n) is 9.91. The zero-order valence-corrected chi connectivity index (χ0v) is 19.2. The summed E-state index contributed by atoms with van der Waals surface area (Å²) in [6.45, 7) is 17.8. The van der Waals surface area contributed by atoms with Crippen molar-refractivity contribution in [3.63, 3.8) is 0 Å². The molecule has 0 atom stereocenters. The van der Waals surface area contributed by atoms with Crippen LogP contribution in [0.2, 0.25) is 0 Å². The van der Waals surface area contributed by atoms with Crippen molar-refractivity contribution in [2.24, 2.45) is 0 Å². The molecule has 1 aromatic rings. The molecular weight excluding hydrogens is 350 g/mol. The lowest BCUT2D eigenvalue weighted by atomic mass is 9.83. The van der Waals surface area contributed by atoms with E-state index in [0.29, 0.717) is 6.54 Å². The molecular formula is C23H39N3O2. The summed E-state index contributed by atoms with van der Waals surface area (Å²) >= 11 is 0. The molecule has 2 N–H and O–H groups in total. The summed E-state index contributed by atoms with van der Waals surface area (Å²) in [5.41, 5.74) is 5.05. The number of hydrogen-bond acceptors (Lipinski definition) is 3. The van der Waals surface area contributed by atoms with Crippen LogP contribution in [-0.2, 0) is 21.4 Å². The van der Waals surface area contributed by atoms with Gasteiger partial charge >= 0.3 is 0 Å². The van der Waals surface area contributed by atoms with Crippen molar-refractivity contribution in [1.29, 1.82) is 0 Å². The molecule has 1 aromatic carbocycles. The molecule has 0 aliphatic heterocycles. The molecule has 0 aliphatic rings. The highest BCUT2D eigenvalue weighted by Crippen LogP contribution is 2.27. The Morgan fingerprint density at radius 3 is 1.89 bits per heavy atom. The zero-order chi connectivity index (χ0) is 21.7. The molecule has 5 nitrogen and oxygen atoms in total. The Morgan fingerprint density at radius 1 is 0.929 bits per heavy atom. The Bertz CT molecular complexity index is 674. The van der Waals surface area contributed by atoms with Crippen molar-refractivity contribution < 1.29 is 9.59 Å². The maximum absolute atomic E-state index is 12.2. The number of benzene rings is 1. The highest BCUT2D eigenvalue weighted by atomic mass is 16.2. The fourth-order valence-electron chi connectivity index (χ4n) is 3.21. The van der Waals surface area contributed by atoms with E-state index in [9.17, 15) is 9.59 Å².